The van der Waals surface area contributed by atoms with Crippen LogP contribution in [0.2, 0.25) is 5.02 Å². The molecule has 1 aromatic carbocycles. The van der Waals surface area contributed by atoms with Gasteiger partial charge in [0.05, 0.1) is 10.7 Å². The topological polar surface area (TPSA) is 55.1 Å². The zero-order valence-corrected chi connectivity index (χ0v) is 13.6. The Kier molecular flexibility index (Phi) is 6.00. The maximum Gasteiger partial charge on any atom is 0.227 e. The molecule has 0 aromatic heterocycles. The van der Waals surface area contributed by atoms with Crippen LogP contribution in [-0.2, 0) is 4.79 Å². The van der Waals surface area contributed by atoms with E-state index in [0.717, 1.165) is 25.7 Å². The highest BCUT2D eigenvalue weighted by molar-refractivity contribution is 7.80. The molecule has 3 N–H and O–H groups in total. The van der Waals surface area contributed by atoms with Gasteiger partial charge in [0.2, 0.25) is 5.91 Å². The van der Waals surface area contributed by atoms with Gasteiger partial charge in [0.15, 0.2) is 0 Å². The number of amides is 1. The molecule has 1 aliphatic rings. The second kappa shape index (κ2) is 7.76. The second-order valence-electron chi connectivity index (χ2n) is 5.59. The predicted octanol–water partition coefficient (Wildman–Crippen LogP) is 4.27. The monoisotopic (exact) mass is 324 g/mol. The molecule has 1 amide bonds. The van der Waals surface area contributed by atoms with E-state index in [1.54, 1.807) is 18.2 Å². The van der Waals surface area contributed by atoms with Crippen molar-refractivity contribution < 1.29 is 4.79 Å². The zero-order valence-electron chi connectivity index (χ0n) is 12.0. The molecule has 0 saturated heterocycles. The summed E-state index contributed by atoms with van der Waals surface area (Å²) in [6, 6.07) is 5.23. The van der Waals surface area contributed by atoms with Crippen molar-refractivity contribution in [3.05, 3.63) is 28.8 Å². The quantitative estimate of drug-likeness (QED) is 0.816. The van der Waals surface area contributed by atoms with Crippen molar-refractivity contribution in [2.24, 2.45) is 11.7 Å². The van der Waals surface area contributed by atoms with Crippen LogP contribution in [0, 0.1) is 5.92 Å². The summed E-state index contributed by atoms with van der Waals surface area (Å²) in [5.41, 5.74) is 6.90. The Balaban J connectivity index is 2.02. The van der Waals surface area contributed by atoms with Crippen LogP contribution in [0.5, 0.6) is 0 Å². The maximum absolute atomic E-state index is 12.4. The predicted molar refractivity (Wildman–Crippen MR) is 91.8 cm³/mol. The van der Waals surface area contributed by atoms with Crippen LogP contribution < -0.4 is 11.1 Å². The summed E-state index contributed by atoms with van der Waals surface area (Å²) in [4.78, 5) is 12.7. The van der Waals surface area contributed by atoms with E-state index in [-0.39, 0.29) is 11.8 Å². The number of nitrogens with one attached hydrogen (secondary N) is 1. The second-order valence-corrected chi connectivity index (χ2v) is 6.44. The molecule has 2 rings (SSSR count). The summed E-state index contributed by atoms with van der Waals surface area (Å²) in [7, 11) is 0. The Morgan fingerprint density at radius 3 is 2.38 bits per heavy atom. The largest absolute Gasteiger partial charge is 0.389 e. The average Bonchev–Trinajstić information content (AvgIpc) is 2.40. The van der Waals surface area contributed by atoms with E-state index in [1.165, 1.54) is 19.3 Å². The van der Waals surface area contributed by atoms with Gasteiger partial charge in [0, 0.05) is 11.5 Å². The van der Waals surface area contributed by atoms with Crippen LogP contribution in [0.1, 0.15) is 50.5 Å². The number of thiocarbonyl (C=S) groups is 1. The highest BCUT2D eigenvalue weighted by Gasteiger charge is 2.20. The van der Waals surface area contributed by atoms with Gasteiger partial charge in [-0.05, 0) is 31.0 Å². The van der Waals surface area contributed by atoms with Crippen molar-refractivity contribution in [3.8, 4) is 0 Å². The minimum atomic E-state index is 0.0712. The van der Waals surface area contributed by atoms with Gasteiger partial charge in [-0.1, -0.05) is 55.9 Å². The van der Waals surface area contributed by atoms with Gasteiger partial charge in [-0.25, -0.2) is 0 Å². The van der Waals surface area contributed by atoms with Crippen molar-refractivity contribution in [1.82, 2.24) is 0 Å². The molecule has 3 nitrogen and oxygen atoms in total. The number of hydrogen-bond acceptors (Lipinski definition) is 2. The van der Waals surface area contributed by atoms with Crippen LogP contribution in [0.25, 0.3) is 0 Å². The number of carbonyl (C=O) groups is 1. The first kappa shape index (κ1) is 16.2. The highest BCUT2D eigenvalue weighted by Crippen LogP contribution is 2.27. The first-order chi connectivity index (χ1) is 10.1. The summed E-state index contributed by atoms with van der Waals surface area (Å²) >= 11 is 11.1. The maximum atomic E-state index is 12.4. The van der Waals surface area contributed by atoms with E-state index in [9.17, 15) is 4.79 Å². The van der Waals surface area contributed by atoms with Crippen LogP contribution in [0.4, 0.5) is 5.69 Å². The molecular formula is C16H21ClN2OS. The zero-order chi connectivity index (χ0) is 15.2. The van der Waals surface area contributed by atoms with Gasteiger partial charge >= 0.3 is 0 Å². The van der Waals surface area contributed by atoms with Crippen LogP contribution in [0.15, 0.2) is 18.2 Å². The standard InChI is InChI=1S/C16H21ClN2OS/c17-13-10-12(15(18)21)8-9-14(13)19-16(20)11-6-4-2-1-3-5-7-11/h8-11H,1-7H2,(H2,18,21)(H,19,20). The van der Waals surface area contributed by atoms with Gasteiger partial charge < -0.3 is 11.1 Å². The van der Waals surface area contributed by atoms with Crippen molar-refractivity contribution in [2.45, 2.75) is 44.9 Å². The van der Waals surface area contributed by atoms with E-state index < -0.39 is 0 Å². The first-order valence-corrected chi connectivity index (χ1v) is 8.27. The molecule has 0 spiro atoms. The van der Waals surface area contributed by atoms with E-state index in [4.69, 9.17) is 29.6 Å². The summed E-state index contributed by atoms with van der Waals surface area (Å²) in [5, 5.41) is 3.41. The molecule has 1 fully saturated rings. The molecule has 0 unspecified atom stereocenters. The number of nitrogens with two attached hydrogens (primary N) is 1. The molecule has 1 aliphatic carbocycles. The van der Waals surface area contributed by atoms with E-state index in [1.807, 2.05) is 0 Å². The fraction of sp³-hybridized carbons (Fsp3) is 0.500. The third kappa shape index (κ3) is 4.68. The van der Waals surface area contributed by atoms with Gasteiger partial charge in [-0.15, -0.1) is 0 Å². The summed E-state index contributed by atoms with van der Waals surface area (Å²) < 4.78 is 0. The van der Waals surface area contributed by atoms with Crippen LogP contribution in [-0.4, -0.2) is 10.9 Å². The Morgan fingerprint density at radius 2 is 1.81 bits per heavy atom. The average molecular weight is 325 g/mol. The van der Waals surface area contributed by atoms with E-state index in [0.29, 0.717) is 21.3 Å². The lowest BCUT2D eigenvalue weighted by Crippen LogP contribution is -2.23. The molecule has 0 atom stereocenters. The fourth-order valence-corrected chi connectivity index (χ4v) is 3.08. The highest BCUT2D eigenvalue weighted by atomic mass is 35.5. The third-order valence-electron chi connectivity index (χ3n) is 3.99. The Labute approximate surface area is 136 Å². The number of anilines is 1. The molecule has 0 aliphatic heterocycles. The fourth-order valence-electron chi connectivity index (χ4n) is 2.72. The minimum Gasteiger partial charge on any atom is -0.389 e. The van der Waals surface area contributed by atoms with Crippen molar-refractivity contribution >= 4 is 40.4 Å². The number of halogens is 1. The lowest BCUT2D eigenvalue weighted by Gasteiger charge is -2.19. The molecular weight excluding hydrogens is 304 g/mol. The normalized spacial score (nSPS) is 16.8. The molecule has 0 heterocycles. The Morgan fingerprint density at radius 1 is 1.19 bits per heavy atom. The summed E-state index contributed by atoms with van der Waals surface area (Å²) in [6.45, 7) is 0. The Hall–Kier alpha value is -1.13. The molecule has 114 valence electrons. The lowest BCUT2D eigenvalue weighted by atomic mass is 9.90. The van der Waals surface area contributed by atoms with E-state index in [2.05, 4.69) is 5.32 Å². The number of carbonyl (C=O) groups excluding carboxylic acids is 1. The van der Waals surface area contributed by atoms with E-state index >= 15 is 0 Å². The minimum absolute atomic E-state index is 0.0712. The number of hydrogen-bond donors (Lipinski definition) is 2. The van der Waals surface area contributed by atoms with Crippen LogP contribution in [0.3, 0.4) is 0 Å². The molecule has 0 bridgehead atoms. The van der Waals surface area contributed by atoms with Crippen molar-refractivity contribution in [3.63, 3.8) is 0 Å². The summed E-state index contributed by atoms with van der Waals surface area (Å²) in [5.74, 6) is 0.165. The lowest BCUT2D eigenvalue weighted by molar-refractivity contribution is -0.120. The molecule has 21 heavy (non-hydrogen) atoms. The molecule has 0 radical (unpaired) electrons. The molecule has 5 heteroatoms. The van der Waals surface area contributed by atoms with Crippen molar-refractivity contribution in [1.29, 1.82) is 0 Å². The van der Waals surface area contributed by atoms with Crippen LogP contribution >= 0.6 is 23.8 Å². The number of rotatable bonds is 3. The summed E-state index contributed by atoms with van der Waals surface area (Å²) in [6.07, 6.45) is 7.95. The third-order valence-corrected chi connectivity index (χ3v) is 4.54. The van der Waals surface area contributed by atoms with Gasteiger partial charge in [-0.3, -0.25) is 4.79 Å². The molecule has 1 saturated carbocycles. The van der Waals surface area contributed by atoms with Crippen molar-refractivity contribution in [2.75, 3.05) is 5.32 Å². The SMILES string of the molecule is NC(=S)c1ccc(NC(=O)C2CCCCCCC2)c(Cl)c1. The van der Waals surface area contributed by atoms with Gasteiger partial charge in [0.1, 0.15) is 4.99 Å². The Bertz CT molecular complexity index is 525. The van der Waals surface area contributed by atoms with Gasteiger partial charge in [-0.2, -0.15) is 0 Å². The van der Waals surface area contributed by atoms with Gasteiger partial charge in [0.25, 0.3) is 0 Å². The smallest absolute Gasteiger partial charge is 0.227 e. The molecule has 1 aromatic rings. The first-order valence-electron chi connectivity index (χ1n) is 7.48. The number of benzene rings is 1.